The summed E-state index contributed by atoms with van der Waals surface area (Å²) in [6, 6.07) is 4.12. The summed E-state index contributed by atoms with van der Waals surface area (Å²) < 4.78 is 13.3. The van der Waals surface area contributed by atoms with E-state index in [2.05, 4.69) is 21.2 Å². The van der Waals surface area contributed by atoms with Gasteiger partial charge >= 0.3 is 0 Å². The van der Waals surface area contributed by atoms with Crippen LogP contribution in [-0.2, 0) is 0 Å². The van der Waals surface area contributed by atoms with E-state index in [0.29, 0.717) is 5.56 Å². The van der Waals surface area contributed by atoms with Crippen molar-refractivity contribution in [2.45, 2.75) is 31.2 Å². The van der Waals surface area contributed by atoms with Crippen LogP contribution in [0.15, 0.2) is 18.2 Å². The third-order valence-corrected chi connectivity index (χ3v) is 4.76. The van der Waals surface area contributed by atoms with Gasteiger partial charge in [-0.05, 0) is 31.0 Å². The molecule has 1 aromatic rings. The lowest BCUT2D eigenvalue weighted by molar-refractivity contribution is 0.0910. The van der Waals surface area contributed by atoms with Gasteiger partial charge in [0.25, 0.3) is 5.91 Å². The second-order valence-electron chi connectivity index (χ2n) is 4.70. The number of halogens is 3. The van der Waals surface area contributed by atoms with Crippen molar-refractivity contribution < 1.29 is 9.18 Å². The van der Waals surface area contributed by atoms with Gasteiger partial charge < -0.3 is 5.32 Å². The Hall–Kier alpha value is -0.610. The number of carbonyl (C=O) groups is 1. The van der Waals surface area contributed by atoms with Gasteiger partial charge in [0.15, 0.2) is 0 Å². The molecule has 2 rings (SSSR count). The van der Waals surface area contributed by atoms with Crippen LogP contribution in [-0.4, -0.2) is 16.8 Å². The Balaban J connectivity index is 2.13. The van der Waals surface area contributed by atoms with Gasteiger partial charge in [0, 0.05) is 10.9 Å². The number of hydrogen-bond acceptors (Lipinski definition) is 1. The summed E-state index contributed by atoms with van der Waals surface area (Å²) in [6.07, 6.45) is 4.14. The predicted molar refractivity (Wildman–Crippen MR) is 73.9 cm³/mol. The molecule has 1 aromatic carbocycles. The number of alkyl halides is 1. The highest BCUT2D eigenvalue weighted by atomic mass is 79.9. The topological polar surface area (TPSA) is 29.1 Å². The van der Waals surface area contributed by atoms with E-state index in [0.717, 1.165) is 31.0 Å². The first-order valence-electron chi connectivity index (χ1n) is 5.90. The van der Waals surface area contributed by atoms with E-state index < -0.39 is 5.82 Å². The van der Waals surface area contributed by atoms with Gasteiger partial charge in [0.2, 0.25) is 0 Å². The number of hydrogen-bond donors (Lipinski definition) is 1. The van der Waals surface area contributed by atoms with Gasteiger partial charge in [-0.2, -0.15) is 0 Å². The smallest absolute Gasteiger partial charge is 0.251 e. The predicted octanol–water partition coefficient (Wildman–Crippen LogP) is 3.92. The maximum Gasteiger partial charge on any atom is 0.251 e. The lowest BCUT2D eigenvalue weighted by Gasteiger charge is -2.28. The van der Waals surface area contributed by atoms with Gasteiger partial charge in [-0.3, -0.25) is 4.79 Å². The lowest BCUT2D eigenvalue weighted by Crippen LogP contribution is -2.47. The van der Waals surface area contributed by atoms with E-state index in [1.54, 1.807) is 0 Å². The normalized spacial score (nSPS) is 17.7. The summed E-state index contributed by atoms with van der Waals surface area (Å²) in [5.74, 6) is -0.810. The minimum atomic E-state index is -0.566. The summed E-state index contributed by atoms with van der Waals surface area (Å²) in [7, 11) is 0. The molecule has 0 bridgehead atoms. The van der Waals surface area contributed by atoms with Crippen LogP contribution >= 0.6 is 27.5 Å². The lowest BCUT2D eigenvalue weighted by atomic mass is 10.00. The van der Waals surface area contributed by atoms with Crippen molar-refractivity contribution in [2.75, 3.05) is 5.33 Å². The largest absolute Gasteiger partial charge is 0.346 e. The van der Waals surface area contributed by atoms with Crippen molar-refractivity contribution in [3.8, 4) is 0 Å². The molecule has 0 saturated heterocycles. The third kappa shape index (κ3) is 2.86. The molecule has 0 radical (unpaired) electrons. The minimum Gasteiger partial charge on any atom is -0.346 e. The zero-order valence-electron chi connectivity index (χ0n) is 9.81. The van der Waals surface area contributed by atoms with Gasteiger partial charge in [-0.15, -0.1) is 0 Å². The summed E-state index contributed by atoms with van der Waals surface area (Å²) in [4.78, 5) is 12.1. The van der Waals surface area contributed by atoms with Crippen LogP contribution in [0, 0.1) is 5.82 Å². The Kier molecular flexibility index (Phi) is 4.28. The maximum atomic E-state index is 13.3. The summed E-state index contributed by atoms with van der Waals surface area (Å²) in [5, 5.41) is 3.76. The minimum absolute atomic E-state index is 0.0302. The highest BCUT2D eigenvalue weighted by Gasteiger charge is 2.34. The second kappa shape index (κ2) is 5.57. The monoisotopic (exact) mass is 333 g/mol. The fraction of sp³-hybridized carbons (Fsp3) is 0.462. The Morgan fingerprint density at radius 2 is 2.11 bits per heavy atom. The highest BCUT2D eigenvalue weighted by molar-refractivity contribution is 9.09. The molecule has 1 fully saturated rings. The molecule has 0 aliphatic heterocycles. The first-order chi connectivity index (χ1) is 8.56. The van der Waals surface area contributed by atoms with Crippen molar-refractivity contribution in [1.82, 2.24) is 5.32 Å². The van der Waals surface area contributed by atoms with E-state index in [-0.39, 0.29) is 16.5 Å². The first-order valence-corrected chi connectivity index (χ1v) is 7.40. The zero-order valence-corrected chi connectivity index (χ0v) is 12.2. The molecular weight excluding hydrogens is 321 g/mol. The molecule has 0 heterocycles. The number of rotatable bonds is 3. The van der Waals surface area contributed by atoms with E-state index in [9.17, 15) is 9.18 Å². The van der Waals surface area contributed by atoms with Crippen LogP contribution in [0.5, 0.6) is 0 Å². The summed E-state index contributed by atoms with van der Waals surface area (Å²) in [6.45, 7) is 0. The van der Waals surface area contributed by atoms with Crippen molar-refractivity contribution in [3.63, 3.8) is 0 Å². The van der Waals surface area contributed by atoms with Crippen molar-refractivity contribution >= 4 is 33.4 Å². The van der Waals surface area contributed by atoms with Gasteiger partial charge in [-0.25, -0.2) is 4.39 Å². The molecule has 1 aliphatic carbocycles. The van der Waals surface area contributed by atoms with Crippen molar-refractivity contribution in [3.05, 3.63) is 34.6 Å². The molecule has 5 heteroatoms. The first kappa shape index (κ1) is 13.8. The average molecular weight is 335 g/mol. The van der Waals surface area contributed by atoms with Crippen LogP contribution < -0.4 is 5.32 Å². The van der Waals surface area contributed by atoms with E-state index in [1.165, 1.54) is 18.2 Å². The van der Waals surface area contributed by atoms with Crippen molar-refractivity contribution in [1.29, 1.82) is 0 Å². The molecule has 1 amide bonds. The molecule has 1 N–H and O–H groups in total. The number of benzene rings is 1. The van der Waals surface area contributed by atoms with E-state index in [4.69, 9.17) is 11.6 Å². The molecule has 0 unspecified atom stereocenters. The van der Waals surface area contributed by atoms with Crippen LogP contribution in [0.2, 0.25) is 5.02 Å². The third-order valence-electron chi connectivity index (χ3n) is 3.38. The summed E-state index contributed by atoms with van der Waals surface area (Å²) in [5.41, 5.74) is 0.122. The molecule has 0 atom stereocenters. The van der Waals surface area contributed by atoms with Gasteiger partial charge in [0.1, 0.15) is 5.82 Å². The van der Waals surface area contributed by atoms with Crippen molar-refractivity contribution in [2.24, 2.45) is 0 Å². The highest BCUT2D eigenvalue weighted by Crippen LogP contribution is 2.31. The molecule has 18 heavy (non-hydrogen) atoms. The van der Waals surface area contributed by atoms with Gasteiger partial charge in [-0.1, -0.05) is 40.4 Å². The summed E-state index contributed by atoms with van der Waals surface area (Å²) >= 11 is 9.05. The average Bonchev–Trinajstić information content (AvgIpc) is 2.82. The quantitative estimate of drug-likeness (QED) is 0.834. The van der Waals surface area contributed by atoms with Gasteiger partial charge in [0.05, 0.1) is 10.6 Å². The Morgan fingerprint density at radius 3 is 2.67 bits per heavy atom. The number of amides is 1. The molecule has 1 saturated carbocycles. The molecule has 2 nitrogen and oxygen atoms in total. The fourth-order valence-electron chi connectivity index (χ4n) is 2.29. The number of nitrogens with one attached hydrogen (secondary N) is 1. The van der Waals surface area contributed by atoms with Crippen LogP contribution in [0.4, 0.5) is 4.39 Å². The molecule has 0 aromatic heterocycles. The van der Waals surface area contributed by atoms with E-state index >= 15 is 0 Å². The van der Waals surface area contributed by atoms with Crippen LogP contribution in [0.3, 0.4) is 0 Å². The fourth-order valence-corrected chi connectivity index (χ4v) is 3.11. The Labute approximate surface area is 119 Å². The SMILES string of the molecule is O=C(NC1(CBr)CCCC1)c1ccc(Cl)c(F)c1. The standard InChI is InChI=1S/C13H14BrClFNO/c14-8-13(5-1-2-6-13)17-12(18)9-3-4-10(15)11(16)7-9/h3-4,7H,1-2,5-6,8H2,(H,17,18). The maximum absolute atomic E-state index is 13.3. The zero-order chi connectivity index (χ0) is 13.2. The molecule has 0 spiro atoms. The molecule has 1 aliphatic rings. The Morgan fingerprint density at radius 1 is 1.44 bits per heavy atom. The van der Waals surface area contributed by atoms with Crippen LogP contribution in [0.1, 0.15) is 36.0 Å². The number of carbonyl (C=O) groups excluding carboxylic acids is 1. The molecular formula is C13H14BrClFNO. The Bertz CT molecular complexity index is 460. The second-order valence-corrected chi connectivity index (χ2v) is 5.67. The van der Waals surface area contributed by atoms with Crippen LogP contribution in [0.25, 0.3) is 0 Å². The molecule has 98 valence electrons. The van der Waals surface area contributed by atoms with E-state index in [1.807, 2.05) is 0 Å².